The van der Waals surface area contributed by atoms with E-state index in [1.54, 1.807) is 11.3 Å². The van der Waals surface area contributed by atoms with Crippen molar-refractivity contribution in [1.29, 1.82) is 0 Å². The van der Waals surface area contributed by atoms with Crippen molar-refractivity contribution < 1.29 is 0 Å². The summed E-state index contributed by atoms with van der Waals surface area (Å²) < 4.78 is 0. The number of thioether (sulfide) groups is 1. The van der Waals surface area contributed by atoms with Gasteiger partial charge < -0.3 is 5.32 Å². The minimum Gasteiger partial charge on any atom is -0.306 e. The van der Waals surface area contributed by atoms with Crippen LogP contribution in [0, 0.1) is 13.8 Å². The first-order valence-corrected chi connectivity index (χ1v) is 8.61. The van der Waals surface area contributed by atoms with Crippen molar-refractivity contribution in [3.8, 4) is 11.3 Å². The summed E-state index contributed by atoms with van der Waals surface area (Å²) in [6, 6.07) is 7.01. The highest BCUT2D eigenvalue weighted by Gasteiger charge is 2.19. The first-order chi connectivity index (χ1) is 9.24. The van der Waals surface area contributed by atoms with Crippen LogP contribution in [0.3, 0.4) is 0 Å². The molecule has 1 saturated heterocycles. The average molecular weight is 290 g/mol. The highest BCUT2D eigenvalue weighted by atomic mass is 32.2. The summed E-state index contributed by atoms with van der Waals surface area (Å²) in [7, 11) is 0. The molecule has 19 heavy (non-hydrogen) atoms. The lowest BCUT2D eigenvalue weighted by molar-refractivity contribution is 0.592. The minimum absolute atomic E-state index is 0.434. The van der Waals surface area contributed by atoms with Crippen molar-refractivity contribution in [3.63, 3.8) is 0 Å². The number of rotatable bonds is 2. The number of thiazole rings is 1. The molecule has 3 rings (SSSR count). The molecule has 1 atom stereocenters. The van der Waals surface area contributed by atoms with Crippen LogP contribution in [0.15, 0.2) is 23.6 Å². The van der Waals surface area contributed by atoms with Crippen LogP contribution in [-0.4, -0.2) is 23.0 Å². The lowest BCUT2D eigenvalue weighted by Crippen LogP contribution is -2.30. The first kappa shape index (κ1) is 13.2. The van der Waals surface area contributed by atoms with Crippen molar-refractivity contribution >= 4 is 23.1 Å². The van der Waals surface area contributed by atoms with E-state index in [2.05, 4.69) is 42.7 Å². The third-order valence-corrected chi connectivity index (χ3v) is 5.42. The van der Waals surface area contributed by atoms with Gasteiger partial charge in [-0.15, -0.1) is 11.3 Å². The molecule has 0 aliphatic carbocycles. The zero-order valence-electron chi connectivity index (χ0n) is 11.3. The Morgan fingerprint density at radius 1 is 1.32 bits per heavy atom. The molecule has 0 radical (unpaired) electrons. The van der Waals surface area contributed by atoms with Gasteiger partial charge in [0.1, 0.15) is 5.01 Å². The van der Waals surface area contributed by atoms with Crippen LogP contribution in [0.5, 0.6) is 0 Å². The highest BCUT2D eigenvalue weighted by molar-refractivity contribution is 7.99. The van der Waals surface area contributed by atoms with E-state index in [4.69, 9.17) is 4.98 Å². The number of aromatic nitrogens is 1. The molecule has 1 aromatic heterocycles. The molecule has 100 valence electrons. The van der Waals surface area contributed by atoms with Gasteiger partial charge in [-0.1, -0.05) is 23.8 Å². The molecular formula is C15H18N2S2. The summed E-state index contributed by atoms with van der Waals surface area (Å²) in [6.45, 7) is 5.39. The Balaban J connectivity index is 1.87. The van der Waals surface area contributed by atoms with Crippen LogP contribution in [0.25, 0.3) is 11.3 Å². The van der Waals surface area contributed by atoms with Crippen LogP contribution in [-0.2, 0) is 0 Å². The maximum atomic E-state index is 4.84. The maximum absolute atomic E-state index is 4.84. The zero-order chi connectivity index (χ0) is 13.2. The lowest BCUT2D eigenvalue weighted by Gasteiger charge is -2.20. The molecule has 2 aromatic rings. The topological polar surface area (TPSA) is 24.9 Å². The molecular weight excluding hydrogens is 272 g/mol. The van der Waals surface area contributed by atoms with E-state index >= 15 is 0 Å². The minimum atomic E-state index is 0.434. The maximum Gasteiger partial charge on any atom is 0.111 e. The number of nitrogens with one attached hydrogen (secondary N) is 1. The smallest absolute Gasteiger partial charge is 0.111 e. The molecule has 1 aliphatic rings. The van der Waals surface area contributed by atoms with Crippen molar-refractivity contribution in [1.82, 2.24) is 10.3 Å². The van der Waals surface area contributed by atoms with Crippen molar-refractivity contribution in [2.75, 3.05) is 18.1 Å². The quantitative estimate of drug-likeness (QED) is 0.910. The molecule has 0 spiro atoms. The van der Waals surface area contributed by atoms with Crippen LogP contribution in [0.1, 0.15) is 22.2 Å². The van der Waals surface area contributed by atoms with Crippen LogP contribution < -0.4 is 5.32 Å². The van der Waals surface area contributed by atoms with Crippen LogP contribution >= 0.6 is 23.1 Å². The molecule has 4 heteroatoms. The standard InChI is InChI=1S/C15H18N2S2/c1-10-3-4-12(11(2)7-10)13-9-19-15(17-13)14-8-18-6-5-16-14/h3-4,7,9,14,16H,5-6,8H2,1-2H3. The van der Waals surface area contributed by atoms with Gasteiger partial charge in [0.05, 0.1) is 11.7 Å². The van der Waals surface area contributed by atoms with E-state index in [-0.39, 0.29) is 0 Å². The van der Waals surface area contributed by atoms with Gasteiger partial charge in [0.25, 0.3) is 0 Å². The number of hydrogen-bond acceptors (Lipinski definition) is 4. The number of hydrogen-bond donors (Lipinski definition) is 1. The predicted octanol–water partition coefficient (Wildman–Crippen LogP) is 3.80. The Bertz CT molecular complexity index is 571. The number of benzene rings is 1. The fraction of sp³-hybridized carbons (Fsp3) is 0.400. The van der Waals surface area contributed by atoms with Crippen molar-refractivity contribution in [2.24, 2.45) is 0 Å². The molecule has 1 aromatic carbocycles. The molecule has 1 unspecified atom stereocenters. The Hall–Kier alpha value is -0.840. The predicted molar refractivity (Wildman–Crippen MR) is 85.1 cm³/mol. The summed E-state index contributed by atoms with van der Waals surface area (Å²) in [5.74, 6) is 2.35. The van der Waals surface area contributed by atoms with Gasteiger partial charge in [-0.25, -0.2) is 4.98 Å². The van der Waals surface area contributed by atoms with Crippen LogP contribution in [0.4, 0.5) is 0 Å². The molecule has 1 fully saturated rings. The Kier molecular flexibility index (Phi) is 3.91. The summed E-state index contributed by atoms with van der Waals surface area (Å²) >= 11 is 3.79. The van der Waals surface area contributed by atoms with E-state index in [9.17, 15) is 0 Å². The third-order valence-electron chi connectivity index (χ3n) is 3.40. The molecule has 1 N–H and O–H groups in total. The monoisotopic (exact) mass is 290 g/mol. The Morgan fingerprint density at radius 2 is 2.21 bits per heavy atom. The highest BCUT2D eigenvalue weighted by Crippen LogP contribution is 2.30. The van der Waals surface area contributed by atoms with Gasteiger partial charge in [0.15, 0.2) is 0 Å². The van der Waals surface area contributed by atoms with Gasteiger partial charge in [-0.05, 0) is 19.4 Å². The second-order valence-corrected chi connectivity index (χ2v) is 7.01. The molecule has 2 heterocycles. The van der Waals surface area contributed by atoms with E-state index in [0.717, 1.165) is 18.0 Å². The van der Waals surface area contributed by atoms with E-state index in [1.165, 1.54) is 27.5 Å². The summed E-state index contributed by atoms with van der Waals surface area (Å²) in [4.78, 5) is 4.84. The van der Waals surface area contributed by atoms with Gasteiger partial charge in [-0.3, -0.25) is 0 Å². The van der Waals surface area contributed by atoms with Gasteiger partial charge >= 0.3 is 0 Å². The normalized spacial score (nSPS) is 19.6. The molecule has 1 aliphatic heterocycles. The van der Waals surface area contributed by atoms with Crippen molar-refractivity contribution in [3.05, 3.63) is 39.7 Å². The Morgan fingerprint density at radius 3 is 2.95 bits per heavy atom. The fourth-order valence-corrected chi connectivity index (χ4v) is 4.34. The van der Waals surface area contributed by atoms with Crippen LogP contribution in [0.2, 0.25) is 0 Å². The first-order valence-electron chi connectivity index (χ1n) is 6.58. The SMILES string of the molecule is Cc1ccc(-c2csc(C3CSCCN3)n2)c(C)c1. The molecule has 0 amide bonds. The third kappa shape index (κ3) is 2.86. The second kappa shape index (κ2) is 5.65. The van der Waals surface area contributed by atoms with E-state index in [1.807, 2.05) is 11.8 Å². The van der Waals surface area contributed by atoms with E-state index in [0.29, 0.717) is 6.04 Å². The summed E-state index contributed by atoms with van der Waals surface area (Å²) in [5.41, 5.74) is 5.00. The average Bonchev–Trinajstić information content (AvgIpc) is 2.89. The largest absolute Gasteiger partial charge is 0.306 e. The van der Waals surface area contributed by atoms with E-state index < -0.39 is 0 Å². The van der Waals surface area contributed by atoms with Gasteiger partial charge in [-0.2, -0.15) is 11.8 Å². The van der Waals surface area contributed by atoms with Crippen molar-refractivity contribution in [2.45, 2.75) is 19.9 Å². The van der Waals surface area contributed by atoms with Gasteiger partial charge in [0, 0.05) is 29.0 Å². The van der Waals surface area contributed by atoms with Gasteiger partial charge in [0.2, 0.25) is 0 Å². The summed E-state index contributed by atoms with van der Waals surface area (Å²) in [5, 5.41) is 6.96. The molecule has 0 saturated carbocycles. The fourth-order valence-electron chi connectivity index (χ4n) is 2.40. The molecule has 2 nitrogen and oxygen atoms in total. The second-order valence-electron chi connectivity index (χ2n) is 4.97. The number of nitrogens with zero attached hydrogens (tertiary/aromatic N) is 1. The Labute approximate surface area is 122 Å². The number of aryl methyl sites for hydroxylation is 2. The molecule has 0 bridgehead atoms. The lowest BCUT2D eigenvalue weighted by atomic mass is 10.0. The zero-order valence-corrected chi connectivity index (χ0v) is 12.9. The summed E-state index contributed by atoms with van der Waals surface area (Å²) in [6.07, 6.45) is 0.